The maximum atomic E-state index is 13.6. The molecule has 1 atom stereocenters. The highest BCUT2D eigenvalue weighted by molar-refractivity contribution is 5.91. The maximum absolute atomic E-state index is 13.6. The molecule has 1 heterocycles. The number of halogens is 2. The van der Waals surface area contributed by atoms with Crippen molar-refractivity contribution in [3.63, 3.8) is 0 Å². The van der Waals surface area contributed by atoms with Crippen LogP contribution in [0, 0.1) is 11.6 Å². The third-order valence-electron chi connectivity index (χ3n) is 4.14. The molecule has 26 heavy (non-hydrogen) atoms. The van der Waals surface area contributed by atoms with Gasteiger partial charge in [0.25, 0.3) is 5.91 Å². The van der Waals surface area contributed by atoms with Crippen LogP contribution in [0.1, 0.15) is 40.2 Å². The van der Waals surface area contributed by atoms with Crippen molar-refractivity contribution in [2.45, 2.75) is 25.8 Å². The fraction of sp³-hybridized carbons (Fsp3) is 0.200. The lowest BCUT2D eigenvalue weighted by Crippen LogP contribution is -2.23. The number of aromatic nitrogens is 1. The summed E-state index contributed by atoms with van der Waals surface area (Å²) in [6, 6.07) is 15.4. The highest BCUT2D eigenvalue weighted by Crippen LogP contribution is 2.20. The van der Waals surface area contributed by atoms with Crippen LogP contribution in [0.25, 0.3) is 0 Å². The van der Waals surface area contributed by atoms with Crippen LogP contribution in [0.2, 0.25) is 0 Å². The summed E-state index contributed by atoms with van der Waals surface area (Å²) in [6.07, 6.45) is 0.624. The van der Waals surface area contributed by atoms with Crippen molar-refractivity contribution in [1.82, 2.24) is 10.5 Å². The lowest BCUT2D eigenvalue weighted by molar-refractivity contribution is 0.0913. The first-order chi connectivity index (χ1) is 12.5. The van der Waals surface area contributed by atoms with Crippen molar-refractivity contribution in [3.05, 3.63) is 88.8 Å². The maximum Gasteiger partial charge on any atom is 0.290 e. The van der Waals surface area contributed by atoms with E-state index < -0.39 is 17.5 Å². The molecule has 0 radical (unpaired) electrons. The van der Waals surface area contributed by atoms with E-state index in [1.165, 1.54) is 17.7 Å². The average molecular weight is 356 g/mol. The second kappa shape index (κ2) is 7.91. The predicted octanol–water partition coefficient (Wildman–Crippen LogP) is 4.23. The molecule has 2 aromatic carbocycles. The lowest BCUT2D eigenvalue weighted by atomic mass is 9.96. The first-order valence-electron chi connectivity index (χ1n) is 8.26. The first kappa shape index (κ1) is 17.8. The summed E-state index contributed by atoms with van der Waals surface area (Å²) in [4.78, 5) is 12.1. The van der Waals surface area contributed by atoms with Crippen molar-refractivity contribution in [2.75, 3.05) is 0 Å². The van der Waals surface area contributed by atoms with E-state index in [4.69, 9.17) is 4.52 Å². The Morgan fingerprint density at radius 2 is 1.92 bits per heavy atom. The number of carbonyl (C=O) groups is 1. The second-order valence-corrected chi connectivity index (χ2v) is 6.09. The Hall–Kier alpha value is -3.02. The molecule has 0 fully saturated rings. The highest BCUT2D eigenvalue weighted by Gasteiger charge is 2.16. The van der Waals surface area contributed by atoms with Gasteiger partial charge in [-0.3, -0.25) is 4.79 Å². The molecule has 3 rings (SSSR count). The number of benzene rings is 2. The monoisotopic (exact) mass is 356 g/mol. The summed E-state index contributed by atoms with van der Waals surface area (Å²) >= 11 is 0. The zero-order valence-corrected chi connectivity index (χ0v) is 14.2. The molecule has 1 aromatic heterocycles. The lowest BCUT2D eigenvalue weighted by Gasteiger charge is -2.08. The Bertz CT molecular complexity index is 894. The van der Waals surface area contributed by atoms with Gasteiger partial charge < -0.3 is 9.84 Å². The molecule has 4 nitrogen and oxygen atoms in total. The number of rotatable bonds is 6. The molecule has 0 aliphatic heterocycles. The third kappa shape index (κ3) is 4.14. The van der Waals surface area contributed by atoms with Crippen LogP contribution in [-0.4, -0.2) is 11.1 Å². The van der Waals surface area contributed by atoms with E-state index >= 15 is 0 Å². The summed E-state index contributed by atoms with van der Waals surface area (Å²) in [5, 5.41) is 6.42. The van der Waals surface area contributed by atoms with Gasteiger partial charge in [-0.05, 0) is 24.0 Å². The van der Waals surface area contributed by atoms with Crippen molar-refractivity contribution >= 4 is 5.91 Å². The zero-order chi connectivity index (χ0) is 18.5. The minimum absolute atomic E-state index is 0.0390. The Kier molecular flexibility index (Phi) is 5.41. The molecule has 0 aliphatic rings. The van der Waals surface area contributed by atoms with E-state index in [1.807, 2.05) is 30.3 Å². The fourth-order valence-electron chi connectivity index (χ4n) is 2.68. The van der Waals surface area contributed by atoms with Gasteiger partial charge in [-0.25, -0.2) is 8.78 Å². The largest absolute Gasteiger partial charge is 0.351 e. The molecule has 134 valence electrons. The summed E-state index contributed by atoms with van der Waals surface area (Å²) in [6.45, 7) is 1.93. The van der Waals surface area contributed by atoms with Crippen molar-refractivity contribution in [2.24, 2.45) is 0 Å². The van der Waals surface area contributed by atoms with Gasteiger partial charge in [-0.1, -0.05) is 54.5 Å². The Balaban J connectivity index is 1.60. The van der Waals surface area contributed by atoms with Gasteiger partial charge in [-0.2, -0.15) is 0 Å². The molecule has 1 N–H and O–H groups in total. The number of amides is 1. The minimum atomic E-state index is -0.970. The SMILES string of the molecule is C[C@H](Cc1cc(C(=O)NCc2cccc(F)c2F)on1)c1ccccc1. The van der Waals surface area contributed by atoms with Gasteiger partial charge in [0, 0.05) is 18.2 Å². The second-order valence-electron chi connectivity index (χ2n) is 6.09. The summed E-state index contributed by atoms with van der Waals surface area (Å²) in [5.41, 5.74) is 1.89. The highest BCUT2D eigenvalue weighted by atomic mass is 19.2. The quantitative estimate of drug-likeness (QED) is 0.719. The van der Waals surface area contributed by atoms with Gasteiger partial charge in [0.15, 0.2) is 11.6 Å². The van der Waals surface area contributed by atoms with Crippen LogP contribution < -0.4 is 5.32 Å². The van der Waals surface area contributed by atoms with Crippen LogP contribution in [0.3, 0.4) is 0 Å². The smallest absolute Gasteiger partial charge is 0.290 e. The number of nitrogens with one attached hydrogen (secondary N) is 1. The zero-order valence-electron chi connectivity index (χ0n) is 14.2. The fourth-order valence-corrected chi connectivity index (χ4v) is 2.68. The molecule has 6 heteroatoms. The minimum Gasteiger partial charge on any atom is -0.351 e. The van der Waals surface area contributed by atoms with Gasteiger partial charge in [-0.15, -0.1) is 0 Å². The Labute approximate surface area is 149 Å². The van der Waals surface area contributed by atoms with Gasteiger partial charge in [0.2, 0.25) is 5.76 Å². The van der Waals surface area contributed by atoms with E-state index in [9.17, 15) is 13.6 Å². The van der Waals surface area contributed by atoms with Crippen molar-refractivity contribution < 1.29 is 18.1 Å². The number of hydrogen-bond donors (Lipinski definition) is 1. The van der Waals surface area contributed by atoms with Crippen LogP contribution in [0.5, 0.6) is 0 Å². The number of nitrogens with zero attached hydrogens (tertiary/aromatic N) is 1. The Morgan fingerprint density at radius 3 is 2.69 bits per heavy atom. The van der Waals surface area contributed by atoms with Crippen LogP contribution in [-0.2, 0) is 13.0 Å². The van der Waals surface area contributed by atoms with E-state index in [-0.39, 0.29) is 23.8 Å². The summed E-state index contributed by atoms with van der Waals surface area (Å²) in [7, 11) is 0. The molecular weight excluding hydrogens is 338 g/mol. The van der Waals surface area contributed by atoms with Crippen LogP contribution in [0.15, 0.2) is 59.1 Å². The molecule has 0 saturated carbocycles. The standard InChI is InChI=1S/C20H18F2N2O2/c1-13(14-6-3-2-4-7-14)10-16-11-18(26-24-16)20(25)23-12-15-8-5-9-17(21)19(15)22/h2-9,11,13H,10,12H2,1H3,(H,23,25)/t13-/m1/s1. The molecular formula is C20H18F2N2O2. The summed E-state index contributed by atoms with van der Waals surface area (Å²) < 4.78 is 31.9. The van der Waals surface area contributed by atoms with E-state index in [2.05, 4.69) is 17.4 Å². The van der Waals surface area contributed by atoms with E-state index in [0.29, 0.717) is 12.1 Å². The van der Waals surface area contributed by atoms with E-state index in [1.54, 1.807) is 6.07 Å². The van der Waals surface area contributed by atoms with Crippen LogP contribution >= 0.6 is 0 Å². The number of carbonyl (C=O) groups excluding carboxylic acids is 1. The normalized spacial score (nSPS) is 12.0. The third-order valence-corrected chi connectivity index (χ3v) is 4.14. The summed E-state index contributed by atoms with van der Waals surface area (Å²) in [5.74, 6) is -2.19. The topological polar surface area (TPSA) is 55.1 Å². The van der Waals surface area contributed by atoms with Crippen molar-refractivity contribution in [1.29, 1.82) is 0 Å². The molecule has 3 aromatic rings. The molecule has 1 amide bonds. The molecule has 0 aliphatic carbocycles. The first-order valence-corrected chi connectivity index (χ1v) is 8.26. The van der Waals surface area contributed by atoms with E-state index in [0.717, 1.165) is 6.07 Å². The average Bonchev–Trinajstić information content (AvgIpc) is 3.12. The number of hydrogen-bond acceptors (Lipinski definition) is 3. The predicted molar refractivity (Wildman–Crippen MR) is 92.6 cm³/mol. The molecule has 0 spiro atoms. The van der Waals surface area contributed by atoms with Crippen LogP contribution in [0.4, 0.5) is 8.78 Å². The van der Waals surface area contributed by atoms with Gasteiger partial charge in [0.05, 0.1) is 5.69 Å². The Morgan fingerprint density at radius 1 is 1.15 bits per heavy atom. The molecule has 0 saturated heterocycles. The van der Waals surface area contributed by atoms with Gasteiger partial charge in [0.1, 0.15) is 0 Å². The van der Waals surface area contributed by atoms with Crippen molar-refractivity contribution in [3.8, 4) is 0 Å². The molecule has 0 bridgehead atoms. The molecule has 0 unspecified atom stereocenters. The van der Waals surface area contributed by atoms with Gasteiger partial charge >= 0.3 is 0 Å².